The molecule has 0 spiro atoms. The van der Waals surface area contributed by atoms with Gasteiger partial charge in [0.1, 0.15) is 0 Å². The van der Waals surface area contributed by atoms with Crippen molar-refractivity contribution >= 4 is 0 Å². The molecule has 0 saturated heterocycles. The summed E-state index contributed by atoms with van der Waals surface area (Å²) in [5, 5.41) is 0. The normalized spacial score (nSPS) is 53.2. The van der Waals surface area contributed by atoms with Crippen molar-refractivity contribution in [3.05, 3.63) is 0 Å². The number of rotatable bonds is 2. The Kier molecular flexibility index (Phi) is 1.96. The van der Waals surface area contributed by atoms with Gasteiger partial charge < -0.3 is 0 Å². The molecular weight excluding hydrogens is 180 g/mol. The lowest BCUT2D eigenvalue weighted by atomic mass is 9.61. The molecule has 5 unspecified atom stereocenters. The first-order valence-corrected chi connectivity index (χ1v) is 7.42. The second-order valence-corrected chi connectivity index (χ2v) is 6.96. The average Bonchev–Trinajstić information content (AvgIpc) is 2.95. The van der Waals surface area contributed by atoms with E-state index in [1.54, 1.807) is 38.5 Å². The van der Waals surface area contributed by atoms with E-state index in [9.17, 15) is 0 Å². The molecule has 4 aliphatic rings. The Morgan fingerprint density at radius 2 is 1.53 bits per heavy atom. The molecule has 0 aromatic carbocycles. The fraction of sp³-hybridized carbons (Fsp3) is 1.00. The second kappa shape index (κ2) is 3.25. The van der Waals surface area contributed by atoms with E-state index in [1.807, 2.05) is 0 Å². The Morgan fingerprint density at radius 1 is 0.733 bits per heavy atom. The van der Waals surface area contributed by atoms with Gasteiger partial charge in [0.05, 0.1) is 0 Å². The summed E-state index contributed by atoms with van der Waals surface area (Å²) in [5.74, 6) is 7.22. The van der Waals surface area contributed by atoms with Crippen LogP contribution in [0.1, 0.15) is 57.8 Å². The topological polar surface area (TPSA) is 0 Å². The smallest absolute Gasteiger partial charge is 0.0349 e. The largest absolute Gasteiger partial charge is 0.0533 e. The quantitative estimate of drug-likeness (QED) is 0.631. The van der Waals surface area contributed by atoms with Gasteiger partial charge in [0.2, 0.25) is 0 Å². The summed E-state index contributed by atoms with van der Waals surface area (Å²) in [6, 6.07) is 0. The van der Waals surface area contributed by atoms with Crippen LogP contribution in [0, 0.1) is 35.5 Å². The molecule has 0 heteroatoms. The standard InChI is InChI=1S/C15H24/c1-2-4-10(5-3-1)6-11-9-15-13(11)7-12-8-14(12)15/h10-15H,1-9H2. The van der Waals surface area contributed by atoms with Crippen LogP contribution in [0.25, 0.3) is 0 Å². The first-order chi connectivity index (χ1) is 7.42. The van der Waals surface area contributed by atoms with Crippen molar-refractivity contribution in [2.24, 2.45) is 35.5 Å². The van der Waals surface area contributed by atoms with E-state index in [4.69, 9.17) is 0 Å². The molecule has 4 saturated carbocycles. The van der Waals surface area contributed by atoms with Crippen molar-refractivity contribution < 1.29 is 0 Å². The third kappa shape index (κ3) is 1.40. The lowest BCUT2D eigenvalue weighted by Crippen LogP contribution is -2.36. The third-order valence-corrected chi connectivity index (χ3v) is 6.19. The van der Waals surface area contributed by atoms with Crippen LogP contribution in [0.15, 0.2) is 0 Å². The van der Waals surface area contributed by atoms with E-state index in [2.05, 4.69) is 0 Å². The summed E-state index contributed by atoms with van der Waals surface area (Å²) in [4.78, 5) is 0. The van der Waals surface area contributed by atoms with Crippen molar-refractivity contribution in [3.63, 3.8) is 0 Å². The van der Waals surface area contributed by atoms with Gasteiger partial charge in [0.15, 0.2) is 0 Å². The van der Waals surface area contributed by atoms with Crippen molar-refractivity contribution in [1.82, 2.24) is 0 Å². The Hall–Kier alpha value is 0. The van der Waals surface area contributed by atoms with Crippen LogP contribution < -0.4 is 0 Å². The van der Waals surface area contributed by atoms with Crippen LogP contribution in [0.2, 0.25) is 0 Å². The van der Waals surface area contributed by atoms with Gasteiger partial charge in [-0.1, -0.05) is 32.1 Å². The Bertz CT molecular complexity index is 251. The maximum absolute atomic E-state index is 1.65. The van der Waals surface area contributed by atoms with E-state index in [1.165, 1.54) is 48.9 Å². The molecule has 0 radical (unpaired) electrons. The summed E-state index contributed by atoms with van der Waals surface area (Å²) in [6.07, 6.45) is 14.3. The Balaban J connectivity index is 1.32. The summed E-state index contributed by atoms with van der Waals surface area (Å²) < 4.78 is 0. The molecule has 0 aliphatic heterocycles. The van der Waals surface area contributed by atoms with Gasteiger partial charge in [-0.3, -0.25) is 0 Å². The van der Waals surface area contributed by atoms with E-state index >= 15 is 0 Å². The molecule has 4 rings (SSSR count). The minimum atomic E-state index is 1.14. The minimum Gasteiger partial charge on any atom is -0.0533 e. The zero-order valence-electron chi connectivity index (χ0n) is 9.83. The molecule has 0 heterocycles. The van der Waals surface area contributed by atoms with E-state index < -0.39 is 0 Å². The first kappa shape index (κ1) is 9.07. The molecule has 0 N–H and O–H groups in total. The van der Waals surface area contributed by atoms with Gasteiger partial charge in [0, 0.05) is 0 Å². The molecule has 84 valence electrons. The van der Waals surface area contributed by atoms with Gasteiger partial charge in [0.25, 0.3) is 0 Å². The summed E-state index contributed by atoms with van der Waals surface area (Å²) in [6.45, 7) is 0. The molecule has 0 aromatic rings. The zero-order chi connectivity index (χ0) is 9.83. The van der Waals surface area contributed by atoms with Crippen LogP contribution in [-0.2, 0) is 0 Å². The molecule has 0 amide bonds. The van der Waals surface area contributed by atoms with Crippen LogP contribution >= 0.6 is 0 Å². The van der Waals surface area contributed by atoms with Gasteiger partial charge >= 0.3 is 0 Å². The maximum Gasteiger partial charge on any atom is -0.0349 e. The predicted octanol–water partition coefficient (Wildman–Crippen LogP) is 4.25. The zero-order valence-corrected chi connectivity index (χ0v) is 9.83. The van der Waals surface area contributed by atoms with Crippen LogP contribution in [0.5, 0.6) is 0 Å². The van der Waals surface area contributed by atoms with Gasteiger partial charge in [-0.15, -0.1) is 0 Å². The fourth-order valence-corrected chi connectivity index (χ4v) is 5.25. The molecule has 5 atom stereocenters. The molecular formula is C15H24. The van der Waals surface area contributed by atoms with Crippen LogP contribution in [0.3, 0.4) is 0 Å². The van der Waals surface area contributed by atoms with Gasteiger partial charge in [-0.2, -0.15) is 0 Å². The van der Waals surface area contributed by atoms with Crippen molar-refractivity contribution in [2.75, 3.05) is 0 Å². The lowest BCUT2D eigenvalue weighted by molar-refractivity contribution is 0.0507. The van der Waals surface area contributed by atoms with E-state index in [0.29, 0.717) is 0 Å². The van der Waals surface area contributed by atoms with Gasteiger partial charge in [-0.25, -0.2) is 0 Å². The fourth-order valence-electron chi connectivity index (χ4n) is 5.25. The van der Waals surface area contributed by atoms with Crippen LogP contribution in [-0.4, -0.2) is 0 Å². The third-order valence-electron chi connectivity index (χ3n) is 6.19. The lowest BCUT2D eigenvalue weighted by Gasteiger charge is -2.44. The number of hydrogen-bond acceptors (Lipinski definition) is 0. The minimum absolute atomic E-state index is 1.14. The number of fused-ring (bicyclic) bond motifs is 3. The molecule has 0 bridgehead atoms. The Labute approximate surface area is 93.8 Å². The highest BCUT2D eigenvalue weighted by Crippen LogP contribution is 2.68. The maximum atomic E-state index is 1.65. The predicted molar refractivity (Wildman–Crippen MR) is 62.5 cm³/mol. The highest BCUT2D eigenvalue weighted by atomic mass is 14.6. The van der Waals surface area contributed by atoms with Crippen molar-refractivity contribution in [3.8, 4) is 0 Å². The monoisotopic (exact) mass is 204 g/mol. The van der Waals surface area contributed by atoms with Crippen molar-refractivity contribution in [2.45, 2.75) is 57.8 Å². The number of hydrogen-bond donors (Lipinski definition) is 0. The van der Waals surface area contributed by atoms with E-state index in [-0.39, 0.29) is 0 Å². The summed E-state index contributed by atoms with van der Waals surface area (Å²) in [5.41, 5.74) is 0. The first-order valence-electron chi connectivity index (χ1n) is 7.42. The SMILES string of the molecule is C1CCC(CC2CC3C4CC4CC23)CC1. The highest BCUT2D eigenvalue weighted by Gasteiger charge is 2.60. The summed E-state index contributed by atoms with van der Waals surface area (Å²) >= 11 is 0. The Morgan fingerprint density at radius 3 is 2.33 bits per heavy atom. The molecule has 4 fully saturated rings. The van der Waals surface area contributed by atoms with Gasteiger partial charge in [-0.05, 0) is 61.2 Å². The second-order valence-electron chi connectivity index (χ2n) is 6.96. The molecule has 4 aliphatic carbocycles. The van der Waals surface area contributed by atoms with E-state index in [0.717, 1.165) is 5.92 Å². The molecule has 15 heavy (non-hydrogen) atoms. The molecule has 0 nitrogen and oxygen atoms in total. The van der Waals surface area contributed by atoms with Crippen LogP contribution in [0.4, 0.5) is 0 Å². The summed E-state index contributed by atoms with van der Waals surface area (Å²) in [7, 11) is 0. The van der Waals surface area contributed by atoms with Crippen molar-refractivity contribution in [1.29, 1.82) is 0 Å². The molecule has 0 aromatic heterocycles. The average molecular weight is 204 g/mol. The highest BCUT2D eigenvalue weighted by molar-refractivity contribution is 5.09.